The van der Waals surface area contributed by atoms with Gasteiger partial charge in [-0.3, -0.25) is 4.79 Å². The first-order valence-corrected chi connectivity index (χ1v) is 4.67. The topological polar surface area (TPSA) is 74.6 Å². The molecule has 0 spiro atoms. The molecule has 4 nitrogen and oxygen atoms in total. The second kappa shape index (κ2) is 4.32. The maximum Gasteiger partial charge on any atom is 0.347 e. The number of carbonyl (C=O) groups is 2. The summed E-state index contributed by atoms with van der Waals surface area (Å²) in [4.78, 5) is 21.4. The molecule has 0 unspecified atom stereocenters. The highest BCUT2D eigenvalue weighted by Crippen LogP contribution is 2.21. The summed E-state index contributed by atoms with van der Waals surface area (Å²) in [5.41, 5.74) is 0.106. The third-order valence-electron chi connectivity index (χ3n) is 2.10. The predicted octanol–water partition coefficient (Wildman–Crippen LogP) is 1.40. The minimum atomic E-state index is -1.27. The largest absolute Gasteiger partial charge is 0.504 e. The van der Waals surface area contributed by atoms with Crippen LogP contribution >= 0.6 is 12.2 Å². The first-order chi connectivity index (χ1) is 6.54. The van der Waals surface area contributed by atoms with Gasteiger partial charge in [0.15, 0.2) is 11.5 Å². The van der Waals surface area contributed by atoms with Crippen molar-refractivity contribution in [3.8, 4) is 0 Å². The Bertz CT molecular complexity index is 330. The molecule has 0 aliphatic heterocycles. The summed E-state index contributed by atoms with van der Waals surface area (Å²) in [5, 5.41) is 18.0. The molecular weight excluding hydrogens is 204 g/mol. The van der Waals surface area contributed by atoms with Crippen molar-refractivity contribution in [1.29, 1.82) is 0 Å². The van der Waals surface area contributed by atoms with Gasteiger partial charge in [-0.25, -0.2) is 4.79 Å². The summed E-state index contributed by atoms with van der Waals surface area (Å²) in [6.45, 7) is 0. The molecule has 0 aromatic heterocycles. The van der Waals surface area contributed by atoms with E-state index in [-0.39, 0.29) is 16.9 Å². The number of ketones is 1. The molecular formula is C9H10O4S. The zero-order chi connectivity index (χ0) is 10.7. The molecule has 0 heterocycles. The van der Waals surface area contributed by atoms with E-state index in [1.54, 1.807) is 0 Å². The number of hydrogen-bond donors (Lipinski definition) is 2. The number of aliphatic hydroxyl groups is 1. The van der Waals surface area contributed by atoms with Crippen molar-refractivity contribution in [3.05, 3.63) is 11.3 Å². The maximum atomic E-state index is 11.2. The second-order valence-electron chi connectivity index (χ2n) is 3.09. The molecule has 1 aliphatic carbocycles. The van der Waals surface area contributed by atoms with Gasteiger partial charge in [0.25, 0.3) is 0 Å². The van der Waals surface area contributed by atoms with Crippen LogP contribution in [0.1, 0.15) is 25.7 Å². The number of carboxylic acids is 1. The molecule has 5 heteroatoms. The van der Waals surface area contributed by atoms with Crippen molar-refractivity contribution in [2.24, 2.45) is 0 Å². The summed E-state index contributed by atoms with van der Waals surface area (Å²) in [7, 11) is 0. The van der Waals surface area contributed by atoms with Crippen LogP contribution in [0.4, 0.5) is 0 Å². The Morgan fingerprint density at radius 3 is 2.43 bits per heavy atom. The van der Waals surface area contributed by atoms with E-state index in [0.717, 1.165) is 0 Å². The Hall–Kier alpha value is -1.23. The minimum Gasteiger partial charge on any atom is -0.504 e. The standard InChI is InChI=1S/C9H10O4S/c10-6-4-2-1-3-5(7(6)11)8(14)9(12)13/h11H,1-4H2,(H,12,13). The molecule has 0 amide bonds. The van der Waals surface area contributed by atoms with Crippen LogP contribution in [0.25, 0.3) is 0 Å². The molecule has 1 rings (SSSR count). The van der Waals surface area contributed by atoms with E-state index < -0.39 is 17.5 Å². The molecule has 14 heavy (non-hydrogen) atoms. The number of aliphatic hydroxyl groups excluding tert-OH is 1. The molecule has 0 saturated carbocycles. The Balaban J connectivity index is 3.03. The fourth-order valence-electron chi connectivity index (χ4n) is 1.34. The van der Waals surface area contributed by atoms with Crippen molar-refractivity contribution < 1.29 is 19.8 Å². The van der Waals surface area contributed by atoms with Crippen molar-refractivity contribution in [2.75, 3.05) is 0 Å². The van der Waals surface area contributed by atoms with Crippen molar-refractivity contribution >= 4 is 28.8 Å². The number of thiocarbonyl (C=S) groups is 1. The van der Waals surface area contributed by atoms with Crippen LogP contribution < -0.4 is 0 Å². The molecule has 0 aromatic rings. The SMILES string of the molecule is O=C(O)C(=S)C1=C(O)C(=O)CCCC1. The minimum absolute atomic E-state index is 0.106. The lowest BCUT2D eigenvalue weighted by Gasteiger charge is -2.04. The van der Waals surface area contributed by atoms with Crippen LogP contribution in [0, 0.1) is 0 Å². The number of carbonyl (C=O) groups excluding carboxylic acids is 1. The van der Waals surface area contributed by atoms with Crippen molar-refractivity contribution in [1.82, 2.24) is 0 Å². The van der Waals surface area contributed by atoms with E-state index in [0.29, 0.717) is 19.3 Å². The monoisotopic (exact) mass is 214 g/mol. The van der Waals surface area contributed by atoms with Gasteiger partial charge in [-0.2, -0.15) is 0 Å². The van der Waals surface area contributed by atoms with E-state index in [9.17, 15) is 14.7 Å². The smallest absolute Gasteiger partial charge is 0.347 e. The van der Waals surface area contributed by atoms with Crippen LogP contribution in [0.3, 0.4) is 0 Å². The number of rotatable bonds is 2. The molecule has 1 aliphatic rings. The highest BCUT2D eigenvalue weighted by molar-refractivity contribution is 7.82. The van der Waals surface area contributed by atoms with Gasteiger partial charge < -0.3 is 10.2 Å². The van der Waals surface area contributed by atoms with Crippen molar-refractivity contribution in [2.45, 2.75) is 25.7 Å². The van der Waals surface area contributed by atoms with Crippen LogP contribution in [-0.4, -0.2) is 26.8 Å². The summed E-state index contributed by atoms with van der Waals surface area (Å²) in [5.74, 6) is -2.15. The van der Waals surface area contributed by atoms with Crippen molar-refractivity contribution in [3.63, 3.8) is 0 Å². The van der Waals surface area contributed by atoms with Crippen LogP contribution in [0.2, 0.25) is 0 Å². The van der Waals surface area contributed by atoms with Gasteiger partial charge in [-0.15, -0.1) is 0 Å². The lowest BCUT2D eigenvalue weighted by Crippen LogP contribution is -2.16. The Morgan fingerprint density at radius 1 is 1.29 bits per heavy atom. The Labute approximate surface area is 86.2 Å². The van der Waals surface area contributed by atoms with Crippen LogP contribution in [0.15, 0.2) is 11.3 Å². The first kappa shape index (κ1) is 10.8. The Morgan fingerprint density at radius 2 is 1.86 bits per heavy atom. The van der Waals surface area contributed by atoms with E-state index >= 15 is 0 Å². The highest BCUT2D eigenvalue weighted by atomic mass is 32.1. The third kappa shape index (κ3) is 2.17. The molecule has 76 valence electrons. The number of aliphatic carboxylic acids is 1. The van der Waals surface area contributed by atoms with Gasteiger partial charge in [-0.1, -0.05) is 12.2 Å². The number of carboxylic acid groups (broad SMARTS) is 1. The molecule has 0 radical (unpaired) electrons. The van der Waals surface area contributed by atoms with Gasteiger partial charge in [0.1, 0.15) is 4.86 Å². The first-order valence-electron chi connectivity index (χ1n) is 4.27. The normalized spacial score (nSPS) is 17.9. The summed E-state index contributed by atoms with van der Waals surface area (Å²) in [6.07, 6.45) is 1.97. The molecule has 2 N–H and O–H groups in total. The molecule has 0 fully saturated rings. The van der Waals surface area contributed by atoms with Crippen LogP contribution in [0.5, 0.6) is 0 Å². The van der Waals surface area contributed by atoms with Gasteiger partial charge in [0, 0.05) is 12.0 Å². The number of allylic oxidation sites excluding steroid dienone is 1. The molecule has 0 saturated heterocycles. The summed E-state index contributed by atoms with van der Waals surface area (Å²) < 4.78 is 0. The average Bonchev–Trinajstić information content (AvgIpc) is 2.29. The van der Waals surface area contributed by atoms with Gasteiger partial charge >= 0.3 is 5.97 Å². The highest BCUT2D eigenvalue weighted by Gasteiger charge is 2.23. The van der Waals surface area contributed by atoms with Gasteiger partial charge in [0.2, 0.25) is 0 Å². The fourth-order valence-corrected chi connectivity index (χ4v) is 1.54. The molecule has 0 atom stereocenters. The van der Waals surface area contributed by atoms with Crippen LogP contribution in [-0.2, 0) is 9.59 Å². The molecule has 0 aromatic carbocycles. The lowest BCUT2D eigenvalue weighted by atomic mass is 10.1. The average molecular weight is 214 g/mol. The quantitative estimate of drug-likeness (QED) is 0.679. The van der Waals surface area contributed by atoms with E-state index in [1.807, 2.05) is 0 Å². The zero-order valence-corrected chi connectivity index (χ0v) is 8.26. The summed E-state index contributed by atoms with van der Waals surface area (Å²) >= 11 is 4.62. The molecule has 0 bridgehead atoms. The van der Waals surface area contributed by atoms with E-state index in [4.69, 9.17) is 5.11 Å². The van der Waals surface area contributed by atoms with Gasteiger partial charge in [0.05, 0.1) is 0 Å². The second-order valence-corrected chi connectivity index (χ2v) is 3.50. The number of hydrogen-bond acceptors (Lipinski definition) is 4. The van der Waals surface area contributed by atoms with E-state index in [2.05, 4.69) is 12.2 Å². The summed E-state index contributed by atoms with van der Waals surface area (Å²) in [6, 6.07) is 0. The number of Topliss-reactive ketones (excluding diaryl/α,β-unsaturated/α-hetero) is 1. The zero-order valence-electron chi connectivity index (χ0n) is 7.45. The predicted molar refractivity (Wildman–Crippen MR) is 53.4 cm³/mol. The van der Waals surface area contributed by atoms with Gasteiger partial charge in [-0.05, 0) is 19.3 Å². The fraction of sp³-hybridized carbons (Fsp3) is 0.444. The lowest BCUT2D eigenvalue weighted by molar-refractivity contribution is -0.129. The maximum absolute atomic E-state index is 11.2. The van der Waals surface area contributed by atoms with E-state index in [1.165, 1.54) is 0 Å². The third-order valence-corrected chi connectivity index (χ3v) is 2.52. The Kier molecular flexibility index (Phi) is 3.35.